The van der Waals surface area contributed by atoms with E-state index in [1.807, 2.05) is 32.0 Å². The highest BCUT2D eigenvalue weighted by molar-refractivity contribution is 5.93. The van der Waals surface area contributed by atoms with Crippen LogP contribution in [0.3, 0.4) is 0 Å². The van der Waals surface area contributed by atoms with Crippen LogP contribution in [0.25, 0.3) is 11.6 Å². The second-order valence-electron chi connectivity index (χ2n) is 5.54. The number of nitrogens with zero attached hydrogens (tertiary/aromatic N) is 2. The van der Waals surface area contributed by atoms with E-state index in [4.69, 9.17) is 4.74 Å². The smallest absolute Gasteiger partial charge is 0.321 e. The molecule has 126 valence electrons. The standard InChI is InChI=1S/C18H22N4O2/c1-3-20-18(23)22(4-2)15-5-6-17-16(10-15)13(7-8-24-17)9-14-11-19-12-21-14/h5-6,9-12H,3-4,7-8H2,1-2H3,(H,19,21)(H,20,23). The van der Waals surface area contributed by atoms with Crippen LogP contribution in [-0.4, -0.2) is 35.7 Å². The molecule has 0 saturated heterocycles. The van der Waals surface area contributed by atoms with Gasteiger partial charge in [-0.05, 0) is 43.7 Å². The van der Waals surface area contributed by atoms with Gasteiger partial charge in [-0.1, -0.05) is 0 Å². The maximum absolute atomic E-state index is 12.2. The van der Waals surface area contributed by atoms with E-state index < -0.39 is 0 Å². The lowest BCUT2D eigenvalue weighted by Crippen LogP contribution is -2.39. The third kappa shape index (κ3) is 3.27. The van der Waals surface area contributed by atoms with Crippen LogP contribution in [0.15, 0.2) is 30.7 Å². The SMILES string of the molecule is CCNC(=O)N(CC)c1ccc2c(c1)C(=Cc1cnc[nH]1)CCO2. The largest absolute Gasteiger partial charge is 0.493 e. The molecule has 1 aliphatic heterocycles. The number of carbonyl (C=O) groups excluding carboxylic acids is 1. The second kappa shape index (κ2) is 7.21. The Labute approximate surface area is 141 Å². The minimum Gasteiger partial charge on any atom is -0.493 e. The number of hydrogen-bond acceptors (Lipinski definition) is 3. The highest BCUT2D eigenvalue weighted by Gasteiger charge is 2.19. The predicted molar refractivity (Wildman–Crippen MR) is 95.1 cm³/mol. The molecule has 1 aromatic carbocycles. The summed E-state index contributed by atoms with van der Waals surface area (Å²) in [7, 11) is 0. The summed E-state index contributed by atoms with van der Waals surface area (Å²) in [5.74, 6) is 0.850. The predicted octanol–water partition coefficient (Wildman–Crippen LogP) is 3.29. The molecule has 0 aliphatic carbocycles. The molecule has 0 spiro atoms. The van der Waals surface area contributed by atoms with E-state index in [1.165, 1.54) is 5.57 Å². The molecule has 2 amide bonds. The Hall–Kier alpha value is -2.76. The fourth-order valence-corrected chi connectivity index (χ4v) is 2.84. The molecule has 0 saturated carbocycles. The zero-order valence-electron chi connectivity index (χ0n) is 14.0. The minimum atomic E-state index is -0.0872. The first-order valence-electron chi connectivity index (χ1n) is 8.24. The normalized spacial score (nSPS) is 14.8. The van der Waals surface area contributed by atoms with E-state index in [1.54, 1.807) is 17.4 Å². The number of ether oxygens (including phenoxy) is 1. The summed E-state index contributed by atoms with van der Waals surface area (Å²) in [6.45, 7) is 5.74. The number of imidazole rings is 1. The topological polar surface area (TPSA) is 70.2 Å². The number of carbonyl (C=O) groups is 1. The molecule has 0 radical (unpaired) electrons. The van der Waals surface area contributed by atoms with Crippen molar-refractivity contribution in [2.75, 3.05) is 24.6 Å². The second-order valence-corrected chi connectivity index (χ2v) is 5.54. The van der Waals surface area contributed by atoms with Gasteiger partial charge in [0.1, 0.15) is 5.75 Å². The number of anilines is 1. The first kappa shape index (κ1) is 16.1. The minimum absolute atomic E-state index is 0.0872. The molecule has 24 heavy (non-hydrogen) atoms. The number of aromatic amines is 1. The number of amides is 2. The number of fused-ring (bicyclic) bond motifs is 1. The van der Waals surface area contributed by atoms with Crippen LogP contribution < -0.4 is 15.0 Å². The Morgan fingerprint density at radius 2 is 2.33 bits per heavy atom. The number of H-pyrrole nitrogens is 1. The Balaban J connectivity index is 1.97. The van der Waals surface area contributed by atoms with Crippen molar-refractivity contribution >= 4 is 23.4 Å². The summed E-state index contributed by atoms with van der Waals surface area (Å²) in [6, 6.07) is 5.80. The fourth-order valence-electron chi connectivity index (χ4n) is 2.84. The van der Waals surface area contributed by atoms with Crippen LogP contribution in [0.1, 0.15) is 31.5 Å². The van der Waals surface area contributed by atoms with Crippen molar-refractivity contribution in [3.05, 3.63) is 42.0 Å². The third-order valence-corrected chi connectivity index (χ3v) is 3.99. The number of hydrogen-bond donors (Lipinski definition) is 2. The van der Waals surface area contributed by atoms with Gasteiger partial charge < -0.3 is 15.0 Å². The molecule has 6 nitrogen and oxygen atoms in total. The molecule has 6 heteroatoms. The van der Waals surface area contributed by atoms with Crippen LogP contribution >= 0.6 is 0 Å². The zero-order chi connectivity index (χ0) is 16.9. The number of rotatable bonds is 4. The van der Waals surface area contributed by atoms with Gasteiger partial charge in [0.25, 0.3) is 0 Å². The third-order valence-electron chi connectivity index (χ3n) is 3.99. The van der Waals surface area contributed by atoms with Crippen molar-refractivity contribution in [2.24, 2.45) is 0 Å². The average molecular weight is 326 g/mol. The lowest BCUT2D eigenvalue weighted by Gasteiger charge is -2.25. The lowest BCUT2D eigenvalue weighted by molar-refractivity contribution is 0.247. The summed E-state index contributed by atoms with van der Waals surface area (Å²) in [5.41, 5.74) is 4.02. The Bertz CT molecular complexity index is 737. The van der Waals surface area contributed by atoms with Crippen molar-refractivity contribution < 1.29 is 9.53 Å². The highest BCUT2D eigenvalue weighted by Crippen LogP contribution is 2.36. The molecule has 3 rings (SSSR count). The Morgan fingerprint density at radius 1 is 1.46 bits per heavy atom. The van der Waals surface area contributed by atoms with Crippen molar-refractivity contribution in [1.82, 2.24) is 15.3 Å². The first-order chi connectivity index (χ1) is 11.7. The summed E-state index contributed by atoms with van der Waals surface area (Å²) in [4.78, 5) is 21.1. The van der Waals surface area contributed by atoms with Crippen LogP contribution in [-0.2, 0) is 0 Å². The molecular formula is C18H22N4O2. The average Bonchev–Trinajstić information content (AvgIpc) is 3.09. The van der Waals surface area contributed by atoms with Crippen LogP contribution in [0.5, 0.6) is 5.75 Å². The van der Waals surface area contributed by atoms with E-state index in [0.29, 0.717) is 19.7 Å². The molecule has 0 atom stereocenters. The van der Waals surface area contributed by atoms with E-state index in [-0.39, 0.29) is 6.03 Å². The van der Waals surface area contributed by atoms with Gasteiger partial charge in [-0.2, -0.15) is 0 Å². The van der Waals surface area contributed by atoms with Gasteiger partial charge in [0.15, 0.2) is 0 Å². The van der Waals surface area contributed by atoms with Crippen LogP contribution in [0.4, 0.5) is 10.5 Å². The number of aromatic nitrogens is 2. The van der Waals surface area contributed by atoms with Gasteiger partial charge in [-0.25, -0.2) is 9.78 Å². The van der Waals surface area contributed by atoms with Crippen molar-refractivity contribution in [3.8, 4) is 5.75 Å². The molecule has 0 unspecified atom stereocenters. The molecular weight excluding hydrogens is 304 g/mol. The lowest BCUT2D eigenvalue weighted by atomic mass is 9.98. The first-order valence-corrected chi connectivity index (χ1v) is 8.24. The highest BCUT2D eigenvalue weighted by atomic mass is 16.5. The van der Waals surface area contributed by atoms with Crippen LogP contribution in [0.2, 0.25) is 0 Å². The van der Waals surface area contributed by atoms with Gasteiger partial charge in [0, 0.05) is 30.8 Å². The number of benzene rings is 1. The van der Waals surface area contributed by atoms with Crippen molar-refractivity contribution in [3.63, 3.8) is 0 Å². The summed E-state index contributed by atoms with van der Waals surface area (Å²) < 4.78 is 5.76. The molecule has 1 aliphatic rings. The van der Waals surface area contributed by atoms with Crippen molar-refractivity contribution in [2.45, 2.75) is 20.3 Å². The van der Waals surface area contributed by atoms with Gasteiger partial charge >= 0.3 is 6.03 Å². The quantitative estimate of drug-likeness (QED) is 0.906. The molecule has 2 N–H and O–H groups in total. The van der Waals surface area contributed by atoms with Crippen LogP contribution in [0, 0.1) is 0 Å². The summed E-state index contributed by atoms with van der Waals surface area (Å²) >= 11 is 0. The monoisotopic (exact) mass is 326 g/mol. The molecule has 0 fully saturated rings. The van der Waals surface area contributed by atoms with E-state index in [9.17, 15) is 4.79 Å². The van der Waals surface area contributed by atoms with Gasteiger partial charge in [-0.3, -0.25) is 4.90 Å². The molecule has 1 aromatic heterocycles. The van der Waals surface area contributed by atoms with Gasteiger partial charge in [-0.15, -0.1) is 0 Å². The van der Waals surface area contributed by atoms with E-state index >= 15 is 0 Å². The maximum atomic E-state index is 12.2. The van der Waals surface area contributed by atoms with E-state index in [2.05, 4.69) is 21.4 Å². The molecule has 2 aromatic rings. The Kier molecular flexibility index (Phi) is 4.84. The zero-order valence-corrected chi connectivity index (χ0v) is 14.0. The Morgan fingerprint density at radius 3 is 3.04 bits per heavy atom. The summed E-state index contributed by atoms with van der Waals surface area (Å²) in [5, 5.41) is 2.85. The number of nitrogens with one attached hydrogen (secondary N) is 2. The van der Waals surface area contributed by atoms with E-state index in [0.717, 1.165) is 29.1 Å². The maximum Gasteiger partial charge on any atom is 0.321 e. The van der Waals surface area contributed by atoms with Gasteiger partial charge in [0.05, 0.1) is 24.8 Å². The number of urea groups is 1. The molecule has 0 bridgehead atoms. The van der Waals surface area contributed by atoms with Crippen molar-refractivity contribution in [1.29, 1.82) is 0 Å². The molecule has 2 heterocycles. The fraction of sp³-hybridized carbons (Fsp3) is 0.333. The van der Waals surface area contributed by atoms with Gasteiger partial charge in [0.2, 0.25) is 0 Å². The summed E-state index contributed by atoms with van der Waals surface area (Å²) in [6.07, 6.45) is 6.36.